The summed E-state index contributed by atoms with van der Waals surface area (Å²) in [7, 11) is 0. The molecule has 0 bridgehead atoms. The molecular weight excluding hydrogens is 272 g/mol. The summed E-state index contributed by atoms with van der Waals surface area (Å²) in [4.78, 5) is 22.9. The van der Waals surface area contributed by atoms with Gasteiger partial charge in [-0.15, -0.1) is 0 Å². The lowest BCUT2D eigenvalue weighted by atomic mass is 10.1. The number of aromatic carboxylic acids is 1. The molecule has 6 nitrogen and oxygen atoms in total. The number of benzene rings is 1. The Labute approximate surface area is 123 Å². The number of anilines is 1. The van der Waals surface area contributed by atoms with Crippen molar-refractivity contribution in [3.05, 3.63) is 29.3 Å². The Kier molecular flexibility index (Phi) is 5.16. The quantitative estimate of drug-likeness (QED) is 0.777. The van der Waals surface area contributed by atoms with Crippen molar-refractivity contribution in [3.8, 4) is 0 Å². The van der Waals surface area contributed by atoms with Gasteiger partial charge in [0.2, 0.25) is 0 Å². The monoisotopic (exact) mass is 292 g/mol. The Balaban J connectivity index is 1.85. The lowest BCUT2D eigenvalue weighted by molar-refractivity contribution is 0.0698. The van der Waals surface area contributed by atoms with Crippen molar-refractivity contribution in [2.45, 2.75) is 32.3 Å². The third-order valence-corrected chi connectivity index (χ3v) is 3.43. The lowest BCUT2D eigenvalue weighted by Gasteiger charge is -2.12. The molecule has 1 aromatic rings. The first-order valence-corrected chi connectivity index (χ1v) is 7.06. The molecule has 0 aliphatic carbocycles. The molecule has 0 radical (unpaired) electrons. The molecule has 1 heterocycles. The third-order valence-electron chi connectivity index (χ3n) is 3.43. The maximum absolute atomic E-state index is 11.8. The van der Waals surface area contributed by atoms with Crippen LogP contribution >= 0.6 is 0 Å². The van der Waals surface area contributed by atoms with Gasteiger partial charge in [0.05, 0.1) is 17.4 Å². The molecule has 1 aromatic carbocycles. The zero-order chi connectivity index (χ0) is 15.2. The first-order chi connectivity index (χ1) is 10.1. The van der Waals surface area contributed by atoms with Crippen molar-refractivity contribution in [3.63, 3.8) is 0 Å². The molecule has 1 atom stereocenters. The Morgan fingerprint density at radius 2 is 2.24 bits per heavy atom. The van der Waals surface area contributed by atoms with Crippen molar-refractivity contribution in [1.82, 2.24) is 5.32 Å². The number of urea groups is 1. The summed E-state index contributed by atoms with van der Waals surface area (Å²) in [6.45, 7) is 3.10. The number of carboxylic acids is 1. The molecule has 2 amide bonds. The molecule has 0 spiro atoms. The predicted octanol–water partition coefficient (Wildman–Crippen LogP) is 2.38. The van der Waals surface area contributed by atoms with Crippen LogP contribution in [-0.4, -0.2) is 36.4 Å². The van der Waals surface area contributed by atoms with E-state index in [-0.39, 0.29) is 11.7 Å². The number of carbonyl (C=O) groups excluding carboxylic acids is 1. The van der Waals surface area contributed by atoms with Gasteiger partial charge in [0.25, 0.3) is 0 Å². The molecule has 6 heteroatoms. The van der Waals surface area contributed by atoms with Gasteiger partial charge in [0.15, 0.2) is 0 Å². The average Bonchev–Trinajstić information content (AvgIpc) is 2.94. The largest absolute Gasteiger partial charge is 0.478 e. The standard InChI is InChI=1S/C15H20N2O4/c1-10-4-5-13(12(9-10)14(18)19)17-15(20)16-7-6-11-3-2-8-21-11/h4-5,9,11H,2-3,6-8H2,1H3,(H,18,19)(H2,16,17,20). The summed E-state index contributed by atoms with van der Waals surface area (Å²) in [5.41, 5.74) is 1.21. The van der Waals surface area contributed by atoms with Crippen LogP contribution in [0.25, 0.3) is 0 Å². The maximum atomic E-state index is 11.8. The summed E-state index contributed by atoms with van der Waals surface area (Å²) in [6, 6.07) is 4.48. The molecule has 0 saturated carbocycles. The average molecular weight is 292 g/mol. The Hall–Kier alpha value is -2.08. The molecule has 0 aromatic heterocycles. The van der Waals surface area contributed by atoms with E-state index in [9.17, 15) is 9.59 Å². The van der Waals surface area contributed by atoms with Crippen molar-refractivity contribution in [1.29, 1.82) is 0 Å². The zero-order valence-corrected chi connectivity index (χ0v) is 12.0. The number of nitrogens with one attached hydrogen (secondary N) is 2. The highest BCUT2D eigenvalue weighted by Crippen LogP contribution is 2.17. The highest BCUT2D eigenvalue weighted by atomic mass is 16.5. The minimum atomic E-state index is -1.06. The van der Waals surface area contributed by atoms with Crippen LogP contribution in [0.2, 0.25) is 0 Å². The van der Waals surface area contributed by atoms with E-state index in [4.69, 9.17) is 9.84 Å². The molecular formula is C15H20N2O4. The van der Waals surface area contributed by atoms with Crippen molar-refractivity contribution >= 4 is 17.7 Å². The Morgan fingerprint density at radius 3 is 2.90 bits per heavy atom. The van der Waals surface area contributed by atoms with Gasteiger partial charge >= 0.3 is 12.0 Å². The van der Waals surface area contributed by atoms with E-state index < -0.39 is 12.0 Å². The molecule has 3 N–H and O–H groups in total. The van der Waals surface area contributed by atoms with Crippen LogP contribution in [0, 0.1) is 6.92 Å². The number of carboxylic acid groups (broad SMARTS) is 1. The van der Waals surface area contributed by atoms with Crippen molar-refractivity contribution in [2.75, 3.05) is 18.5 Å². The van der Waals surface area contributed by atoms with Gasteiger partial charge in [-0.3, -0.25) is 0 Å². The SMILES string of the molecule is Cc1ccc(NC(=O)NCCC2CCCO2)c(C(=O)O)c1. The summed E-state index contributed by atoms with van der Waals surface area (Å²) in [5, 5.41) is 14.4. The summed E-state index contributed by atoms with van der Waals surface area (Å²) < 4.78 is 5.47. The van der Waals surface area contributed by atoms with Crippen LogP contribution < -0.4 is 10.6 Å². The van der Waals surface area contributed by atoms with Gasteiger partial charge in [0.1, 0.15) is 0 Å². The van der Waals surface area contributed by atoms with Gasteiger partial charge in [-0.05, 0) is 38.3 Å². The first kappa shape index (κ1) is 15.3. The second-order valence-electron chi connectivity index (χ2n) is 5.16. The Morgan fingerprint density at radius 1 is 1.43 bits per heavy atom. The first-order valence-electron chi connectivity index (χ1n) is 7.06. The highest BCUT2D eigenvalue weighted by molar-refractivity contribution is 6.00. The van der Waals surface area contributed by atoms with E-state index in [2.05, 4.69) is 10.6 Å². The molecule has 1 fully saturated rings. The summed E-state index contributed by atoms with van der Waals surface area (Å²) in [6.07, 6.45) is 3.10. The number of carbonyl (C=O) groups is 2. The minimum absolute atomic E-state index is 0.0873. The van der Waals surface area contributed by atoms with Gasteiger partial charge in [-0.25, -0.2) is 9.59 Å². The van der Waals surface area contributed by atoms with Crippen LogP contribution in [0.3, 0.4) is 0 Å². The van der Waals surface area contributed by atoms with Gasteiger partial charge in [-0.1, -0.05) is 11.6 Å². The van der Waals surface area contributed by atoms with Crippen LogP contribution in [0.4, 0.5) is 10.5 Å². The zero-order valence-electron chi connectivity index (χ0n) is 12.0. The number of aryl methyl sites for hydroxylation is 1. The molecule has 2 rings (SSSR count). The van der Waals surface area contributed by atoms with Gasteiger partial charge in [0, 0.05) is 13.2 Å². The molecule has 21 heavy (non-hydrogen) atoms. The molecule has 1 aliphatic rings. The number of ether oxygens (including phenoxy) is 1. The summed E-state index contributed by atoms with van der Waals surface area (Å²) in [5.74, 6) is -1.06. The van der Waals surface area contributed by atoms with E-state index in [1.54, 1.807) is 19.1 Å². The second kappa shape index (κ2) is 7.08. The third kappa shape index (κ3) is 4.46. The normalized spacial score (nSPS) is 17.5. The smallest absolute Gasteiger partial charge is 0.337 e. The fourth-order valence-corrected chi connectivity index (χ4v) is 2.33. The predicted molar refractivity (Wildman–Crippen MR) is 78.8 cm³/mol. The fraction of sp³-hybridized carbons (Fsp3) is 0.467. The topological polar surface area (TPSA) is 87.7 Å². The fourth-order valence-electron chi connectivity index (χ4n) is 2.33. The highest BCUT2D eigenvalue weighted by Gasteiger charge is 2.16. The van der Waals surface area contributed by atoms with Crippen LogP contribution in [0.5, 0.6) is 0 Å². The van der Waals surface area contributed by atoms with Crippen LogP contribution in [0.1, 0.15) is 35.2 Å². The number of amides is 2. The second-order valence-corrected chi connectivity index (χ2v) is 5.16. The van der Waals surface area contributed by atoms with E-state index in [1.165, 1.54) is 6.07 Å². The van der Waals surface area contributed by atoms with Gasteiger partial charge < -0.3 is 20.5 Å². The van der Waals surface area contributed by atoms with E-state index >= 15 is 0 Å². The molecule has 1 unspecified atom stereocenters. The van der Waals surface area contributed by atoms with E-state index in [1.807, 2.05) is 0 Å². The number of rotatable bonds is 5. The summed E-state index contributed by atoms with van der Waals surface area (Å²) >= 11 is 0. The van der Waals surface area contributed by atoms with E-state index in [0.29, 0.717) is 12.2 Å². The minimum Gasteiger partial charge on any atom is -0.478 e. The van der Waals surface area contributed by atoms with E-state index in [0.717, 1.165) is 31.4 Å². The molecule has 1 saturated heterocycles. The van der Waals surface area contributed by atoms with Gasteiger partial charge in [-0.2, -0.15) is 0 Å². The lowest BCUT2D eigenvalue weighted by Crippen LogP contribution is -2.31. The maximum Gasteiger partial charge on any atom is 0.337 e. The van der Waals surface area contributed by atoms with Crippen molar-refractivity contribution < 1.29 is 19.4 Å². The molecule has 1 aliphatic heterocycles. The number of hydrogen-bond donors (Lipinski definition) is 3. The van der Waals surface area contributed by atoms with Crippen LogP contribution in [0.15, 0.2) is 18.2 Å². The molecule has 114 valence electrons. The van der Waals surface area contributed by atoms with Crippen molar-refractivity contribution in [2.24, 2.45) is 0 Å². The Bertz CT molecular complexity index is 524. The van der Waals surface area contributed by atoms with Crippen LogP contribution in [-0.2, 0) is 4.74 Å². The number of hydrogen-bond acceptors (Lipinski definition) is 3.